The topological polar surface area (TPSA) is 24.5 Å². The second-order valence-electron chi connectivity index (χ2n) is 3.62. The first-order chi connectivity index (χ1) is 6.68. The smallest absolute Gasteiger partial charge is 0.261 e. The number of piperazine rings is 1. The third kappa shape index (κ3) is 4.83. The number of alkyl halides is 2. The number of nitrogens with zero attached hydrogens (tertiary/aromatic N) is 1. The van der Waals surface area contributed by atoms with Gasteiger partial charge < -0.3 is 10.1 Å². The zero-order valence-corrected chi connectivity index (χ0v) is 8.51. The molecule has 3 nitrogen and oxygen atoms in total. The molecule has 0 aromatic rings. The van der Waals surface area contributed by atoms with Crippen molar-refractivity contribution in [2.24, 2.45) is 0 Å². The Morgan fingerprint density at radius 3 is 3.00 bits per heavy atom. The van der Waals surface area contributed by atoms with Crippen molar-refractivity contribution in [1.29, 1.82) is 0 Å². The third-order valence-electron chi connectivity index (χ3n) is 2.25. The number of halogens is 2. The minimum atomic E-state index is -2.35. The Labute approximate surface area is 83.4 Å². The van der Waals surface area contributed by atoms with Gasteiger partial charge in [-0.1, -0.05) is 0 Å². The van der Waals surface area contributed by atoms with Gasteiger partial charge in [0.05, 0.1) is 6.61 Å². The highest BCUT2D eigenvalue weighted by molar-refractivity contribution is 4.74. The molecule has 1 rings (SSSR count). The summed E-state index contributed by atoms with van der Waals surface area (Å²) in [6.07, 6.45) is -2.35. The maximum absolute atomic E-state index is 11.7. The maximum atomic E-state index is 11.7. The van der Waals surface area contributed by atoms with E-state index in [0.717, 1.165) is 26.2 Å². The van der Waals surface area contributed by atoms with Crippen LogP contribution in [-0.4, -0.2) is 56.8 Å². The van der Waals surface area contributed by atoms with Crippen molar-refractivity contribution in [2.75, 3.05) is 39.4 Å². The predicted molar refractivity (Wildman–Crippen MR) is 50.7 cm³/mol. The zero-order valence-electron chi connectivity index (χ0n) is 8.51. The van der Waals surface area contributed by atoms with Gasteiger partial charge in [0.15, 0.2) is 0 Å². The van der Waals surface area contributed by atoms with Gasteiger partial charge in [0.2, 0.25) is 0 Å². The molecule has 1 saturated heterocycles. The minimum Gasteiger partial charge on any atom is -0.374 e. The number of nitrogens with one attached hydrogen (secondary N) is 1. The Morgan fingerprint density at radius 1 is 1.57 bits per heavy atom. The van der Waals surface area contributed by atoms with Crippen LogP contribution >= 0.6 is 0 Å². The molecule has 1 N–H and O–H groups in total. The molecule has 0 radical (unpaired) electrons. The molecule has 0 spiro atoms. The standard InChI is InChI=1S/C9H18F2N2O/c1-8-6-13(3-2-12-8)4-5-14-7-9(10)11/h8-9,12H,2-7H2,1H3. The average Bonchev–Trinajstić information content (AvgIpc) is 2.12. The molecule has 14 heavy (non-hydrogen) atoms. The van der Waals surface area contributed by atoms with Crippen molar-refractivity contribution in [1.82, 2.24) is 10.2 Å². The van der Waals surface area contributed by atoms with Crippen LogP contribution < -0.4 is 5.32 Å². The molecule has 1 fully saturated rings. The fourth-order valence-corrected chi connectivity index (χ4v) is 1.58. The molecule has 1 heterocycles. The molecule has 0 aromatic heterocycles. The van der Waals surface area contributed by atoms with Crippen LogP contribution in [0.3, 0.4) is 0 Å². The lowest BCUT2D eigenvalue weighted by molar-refractivity contribution is 0.00779. The Morgan fingerprint density at radius 2 is 2.36 bits per heavy atom. The molecule has 0 bridgehead atoms. The summed E-state index contributed by atoms with van der Waals surface area (Å²) in [5, 5.41) is 3.32. The largest absolute Gasteiger partial charge is 0.374 e. The summed E-state index contributed by atoms with van der Waals surface area (Å²) < 4.78 is 28.2. The van der Waals surface area contributed by atoms with E-state index >= 15 is 0 Å². The van der Waals surface area contributed by atoms with E-state index in [4.69, 9.17) is 4.74 Å². The van der Waals surface area contributed by atoms with Crippen LogP contribution in [0.4, 0.5) is 8.78 Å². The van der Waals surface area contributed by atoms with Crippen molar-refractivity contribution in [3.63, 3.8) is 0 Å². The van der Waals surface area contributed by atoms with E-state index in [9.17, 15) is 8.78 Å². The highest BCUT2D eigenvalue weighted by atomic mass is 19.3. The summed E-state index contributed by atoms with van der Waals surface area (Å²) in [4.78, 5) is 2.23. The Hall–Kier alpha value is -0.260. The first-order valence-corrected chi connectivity index (χ1v) is 5.00. The van der Waals surface area contributed by atoms with E-state index in [-0.39, 0.29) is 0 Å². The van der Waals surface area contributed by atoms with Crippen molar-refractivity contribution in [3.05, 3.63) is 0 Å². The summed E-state index contributed by atoms with van der Waals surface area (Å²) >= 11 is 0. The van der Waals surface area contributed by atoms with Gasteiger partial charge >= 0.3 is 0 Å². The molecule has 5 heteroatoms. The van der Waals surface area contributed by atoms with E-state index in [2.05, 4.69) is 17.1 Å². The summed E-state index contributed by atoms with van der Waals surface area (Å²) in [6, 6.07) is 0.485. The molecule has 0 aromatic carbocycles. The summed E-state index contributed by atoms with van der Waals surface area (Å²) in [5.41, 5.74) is 0. The van der Waals surface area contributed by atoms with Gasteiger partial charge in [0.25, 0.3) is 6.43 Å². The lowest BCUT2D eigenvalue weighted by Crippen LogP contribution is -2.50. The van der Waals surface area contributed by atoms with Crippen LogP contribution in [0.15, 0.2) is 0 Å². The fourth-order valence-electron chi connectivity index (χ4n) is 1.58. The predicted octanol–water partition coefficient (Wildman–Crippen LogP) is 0.562. The molecule has 1 unspecified atom stereocenters. The highest BCUT2D eigenvalue weighted by Crippen LogP contribution is 1.98. The number of hydrogen-bond acceptors (Lipinski definition) is 3. The Bertz CT molecular complexity index is 158. The van der Waals surface area contributed by atoms with Gasteiger partial charge in [-0.15, -0.1) is 0 Å². The summed E-state index contributed by atoms with van der Waals surface area (Å²) in [7, 11) is 0. The van der Waals surface area contributed by atoms with Crippen LogP contribution in [0, 0.1) is 0 Å². The third-order valence-corrected chi connectivity index (χ3v) is 2.25. The maximum Gasteiger partial charge on any atom is 0.261 e. The number of rotatable bonds is 5. The van der Waals surface area contributed by atoms with Crippen LogP contribution in [0.5, 0.6) is 0 Å². The van der Waals surface area contributed by atoms with Gasteiger partial charge in [-0.3, -0.25) is 4.90 Å². The van der Waals surface area contributed by atoms with Gasteiger partial charge in [0.1, 0.15) is 6.61 Å². The van der Waals surface area contributed by atoms with Crippen molar-refractivity contribution in [2.45, 2.75) is 19.4 Å². The summed E-state index contributed by atoms with van der Waals surface area (Å²) in [5.74, 6) is 0. The molecule has 0 aliphatic carbocycles. The number of ether oxygens (including phenoxy) is 1. The molecule has 1 aliphatic heterocycles. The van der Waals surface area contributed by atoms with E-state index in [1.807, 2.05) is 0 Å². The SMILES string of the molecule is CC1CN(CCOCC(F)F)CCN1. The normalized spacial score (nSPS) is 24.4. The van der Waals surface area contributed by atoms with E-state index in [1.54, 1.807) is 0 Å². The lowest BCUT2D eigenvalue weighted by atomic mass is 10.2. The molecule has 0 saturated carbocycles. The van der Waals surface area contributed by atoms with Crippen LogP contribution in [-0.2, 0) is 4.74 Å². The highest BCUT2D eigenvalue weighted by Gasteiger charge is 2.14. The van der Waals surface area contributed by atoms with Crippen LogP contribution in [0.2, 0.25) is 0 Å². The fraction of sp³-hybridized carbons (Fsp3) is 1.00. The second-order valence-corrected chi connectivity index (χ2v) is 3.62. The van der Waals surface area contributed by atoms with E-state index in [1.165, 1.54) is 0 Å². The molecule has 1 aliphatic rings. The van der Waals surface area contributed by atoms with Gasteiger partial charge in [-0.2, -0.15) is 0 Å². The second kappa shape index (κ2) is 6.27. The minimum absolute atomic E-state index is 0.400. The van der Waals surface area contributed by atoms with Crippen molar-refractivity contribution < 1.29 is 13.5 Å². The van der Waals surface area contributed by atoms with E-state index in [0.29, 0.717) is 12.6 Å². The molecular weight excluding hydrogens is 190 g/mol. The van der Waals surface area contributed by atoms with Crippen LogP contribution in [0.1, 0.15) is 6.92 Å². The molecular formula is C9H18F2N2O. The molecule has 1 atom stereocenters. The monoisotopic (exact) mass is 208 g/mol. The Balaban J connectivity index is 2.00. The number of hydrogen-bond donors (Lipinski definition) is 1. The molecule has 84 valence electrons. The first-order valence-electron chi connectivity index (χ1n) is 5.00. The van der Waals surface area contributed by atoms with Gasteiger partial charge in [-0.05, 0) is 6.92 Å². The van der Waals surface area contributed by atoms with E-state index < -0.39 is 13.0 Å². The van der Waals surface area contributed by atoms with Crippen molar-refractivity contribution >= 4 is 0 Å². The molecule has 0 amide bonds. The Kier molecular flexibility index (Phi) is 5.29. The van der Waals surface area contributed by atoms with Crippen molar-refractivity contribution in [3.8, 4) is 0 Å². The quantitative estimate of drug-likeness (QED) is 0.668. The van der Waals surface area contributed by atoms with Crippen LogP contribution in [0.25, 0.3) is 0 Å². The lowest BCUT2D eigenvalue weighted by Gasteiger charge is -2.31. The van der Waals surface area contributed by atoms with Gasteiger partial charge in [-0.25, -0.2) is 8.78 Å². The summed E-state index contributed by atoms with van der Waals surface area (Å²) in [6.45, 7) is 5.74. The average molecular weight is 208 g/mol. The zero-order chi connectivity index (χ0) is 10.4. The first kappa shape index (κ1) is 11.8. The van der Waals surface area contributed by atoms with Gasteiger partial charge in [0, 0.05) is 32.2 Å².